The van der Waals surface area contributed by atoms with Gasteiger partial charge < -0.3 is 5.11 Å². The van der Waals surface area contributed by atoms with Gasteiger partial charge in [0, 0.05) is 67.1 Å². The number of nitrogens with zero attached hydrogens (tertiary/aromatic N) is 2. The molecule has 0 aliphatic heterocycles. The fourth-order valence-corrected chi connectivity index (χ4v) is 9.23. The Bertz CT molecular complexity index is 2260. The molecule has 285 valence electrons. The average Bonchev–Trinajstić information content (AvgIpc) is 3.63. The molecule has 0 aliphatic carbocycles. The van der Waals surface area contributed by atoms with E-state index >= 15 is 0 Å². The standard InChI is InChI=1S/C31H29N2S2.C15H28O2.Ir/c1-17(2)11-22-18(3)34-26-15-27-24(14-23(22)26)29-30(35-27)28(32-16-33-29)20-12-19-9-7-8-10-21(19)25(13-20)31(4,5)6;1-7-14(5,8-2)12(16)11-13(17)15(6,9-3)10-4;/h7-10,13-17H,11H2,1-6H3;11,16H,7-10H2,1-6H3;/q-1;;/b;12-11-;. The van der Waals surface area contributed by atoms with Gasteiger partial charge in [-0.3, -0.25) is 9.78 Å². The first-order chi connectivity index (χ1) is 24.5. The van der Waals surface area contributed by atoms with Crippen molar-refractivity contribution in [3.63, 3.8) is 0 Å². The number of hydrogen-bond acceptors (Lipinski definition) is 6. The normalized spacial score (nSPS) is 12.8. The van der Waals surface area contributed by atoms with E-state index in [1.807, 2.05) is 64.2 Å². The molecule has 0 fully saturated rings. The Balaban J connectivity index is 0.000000299. The number of aryl methyl sites for hydroxylation is 1. The molecule has 0 aliphatic rings. The molecule has 0 unspecified atom stereocenters. The largest absolute Gasteiger partial charge is 0.512 e. The number of fused-ring (bicyclic) bond motifs is 5. The Kier molecular flexibility index (Phi) is 13.6. The van der Waals surface area contributed by atoms with Gasteiger partial charge in [0.2, 0.25) is 0 Å². The molecule has 7 heteroatoms. The van der Waals surface area contributed by atoms with E-state index in [-0.39, 0.29) is 47.9 Å². The molecule has 0 saturated carbocycles. The van der Waals surface area contributed by atoms with Gasteiger partial charge in [-0.25, -0.2) is 4.98 Å². The number of ketones is 1. The van der Waals surface area contributed by atoms with Crippen LogP contribution in [0.25, 0.3) is 52.4 Å². The minimum Gasteiger partial charge on any atom is -0.512 e. The summed E-state index contributed by atoms with van der Waals surface area (Å²) in [5, 5.41) is 15.2. The SMILES string of the molecule is CCC(C)(CC)C(=O)/C=C(\O)C(C)(CC)CC.Cc1sc2cc3sc4c(-c5[c-]c6ccccc6c(C(C)(C)C)c5)ncnc4c3cc2c1CC(C)C.[Ir]. The molecule has 0 bridgehead atoms. The number of hydrogen-bond donors (Lipinski definition) is 1. The van der Waals surface area contributed by atoms with Crippen LogP contribution in [-0.2, 0) is 36.7 Å². The molecule has 53 heavy (non-hydrogen) atoms. The van der Waals surface area contributed by atoms with Crippen LogP contribution in [0, 0.1) is 29.7 Å². The first kappa shape index (κ1) is 42.8. The van der Waals surface area contributed by atoms with Crippen molar-refractivity contribution in [2.45, 2.75) is 121 Å². The number of carbonyl (C=O) groups excluding carboxylic acids is 1. The number of benzene rings is 3. The summed E-state index contributed by atoms with van der Waals surface area (Å²) < 4.78 is 3.80. The minimum atomic E-state index is -0.337. The Morgan fingerprint density at radius 3 is 2.08 bits per heavy atom. The minimum absolute atomic E-state index is 0. The van der Waals surface area contributed by atoms with Crippen molar-refractivity contribution in [1.82, 2.24) is 9.97 Å². The van der Waals surface area contributed by atoms with Crippen molar-refractivity contribution in [1.29, 1.82) is 0 Å². The number of rotatable bonds is 10. The smallest absolute Gasteiger partial charge is 0.164 e. The molecule has 0 spiro atoms. The Hall–Kier alpha value is -2.96. The second kappa shape index (κ2) is 16.8. The van der Waals surface area contributed by atoms with Crippen LogP contribution in [-0.4, -0.2) is 20.9 Å². The van der Waals surface area contributed by atoms with Crippen molar-refractivity contribution < 1.29 is 30.0 Å². The maximum Gasteiger partial charge on any atom is 0.164 e. The fraction of sp³-hybridized carbons (Fsp3) is 0.457. The fourth-order valence-electron chi connectivity index (χ4n) is 6.85. The quantitative estimate of drug-likeness (QED) is 0.0845. The zero-order chi connectivity index (χ0) is 38.2. The predicted molar refractivity (Wildman–Crippen MR) is 227 cm³/mol. The van der Waals surface area contributed by atoms with E-state index in [0.29, 0.717) is 5.92 Å². The van der Waals surface area contributed by atoms with Gasteiger partial charge in [-0.2, -0.15) is 0 Å². The topological polar surface area (TPSA) is 63.1 Å². The van der Waals surface area contributed by atoms with Crippen molar-refractivity contribution >= 4 is 69.6 Å². The van der Waals surface area contributed by atoms with Crippen LogP contribution in [0.4, 0.5) is 0 Å². The first-order valence-corrected chi connectivity index (χ1v) is 20.6. The summed E-state index contributed by atoms with van der Waals surface area (Å²) in [6.45, 7) is 25.8. The van der Waals surface area contributed by atoms with Crippen LogP contribution in [0.1, 0.15) is 118 Å². The van der Waals surface area contributed by atoms with Crippen LogP contribution in [0.5, 0.6) is 0 Å². The zero-order valence-corrected chi connectivity index (χ0v) is 37.7. The number of allylic oxidation sites excluding steroid dienone is 2. The van der Waals surface area contributed by atoms with Gasteiger partial charge in [-0.05, 0) is 73.4 Å². The number of aliphatic hydroxyl groups excluding tert-OH is 1. The molecule has 0 saturated heterocycles. The summed E-state index contributed by atoms with van der Waals surface area (Å²) in [6, 6.07) is 19.3. The van der Waals surface area contributed by atoms with Gasteiger partial charge in [0.05, 0.1) is 5.52 Å². The third-order valence-electron chi connectivity index (χ3n) is 11.4. The average molecular weight is 926 g/mol. The molecule has 1 radical (unpaired) electrons. The van der Waals surface area contributed by atoms with Crippen molar-refractivity contribution in [3.05, 3.63) is 82.7 Å². The van der Waals surface area contributed by atoms with E-state index in [4.69, 9.17) is 9.97 Å². The molecule has 0 amide bonds. The summed E-state index contributed by atoms with van der Waals surface area (Å²) in [4.78, 5) is 23.2. The summed E-state index contributed by atoms with van der Waals surface area (Å²) in [7, 11) is 0. The van der Waals surface area contributed by atoms with Crippen molar-refractivity contribution in [3.8, 4) is 11.3 Å². The molecule has 1 N–H and O–H groups in total. The molecule has 6 aromatic rings. The monoisotopic (exact) mass is 926 g/mol. The van der Waals surface area contributed by atoms with Crippen LogP contribution in [0.15, 0.2) is 60.6 Å². The number of aliphatic hydroxyl groups is 1. The molecular formula is C46H57IrN2O2S2-. The van der Waals surface area contributed by atoms with Crippen LogP contribution in [0.3, 0.4) is 0 Å². The zero-order valence-electron chi connectivity index (χ0n) is 33.7. The predicted octanol–water partition coefficient (Wildman–Crippen LogP) is 14.1. The molecule has 3 heterocycles. The Morgan fingerprint density at radius 1 is 0.849 bits per heavy atom. The second-order valence-corrected chi connectivity index (χ2v) is 18.7. The van der Waals surface area contributed by atoms with Crippen LogP contribution in [0.2, 0.25) is 0 Å². The van der Waals surface area contributed by atoms with Crippen LogP contribution >= 0.6 is 22.7 Å². The molecule has 3 aromatic carbocycles. The van der Waals surface area contributed by atoms with Gasteiger partial charge in [0.1, 0.15) is 12.1 Å². The summed E-state index contributed by atoms with van der Waals surface area (Å²) in [6.07, 6.45) is 7.59. The van der Waals surface area contributed by atoms with Gasteiger partial charge in [0.15, 0.2) is 5.78 Å². The molecule has 0 atom stereocenters. The Morgan fingerprint density at radius 2 is 1.47 bits per heavy atom. The number of carbonyl (C=O) groups is 1. The van der Waals surface area contributed by atoms with Gasteiger partial charge >= 0.3 is 0 Å². The van der Waals surface area contributed by atoms with E-state index < -0.39 is 0 Å². The van der Waals surface area contributed by atoms with Crippen LogP contribution < -0.4 is 0 Å². The molecule has 4 nitrogen and oxygen atoms in total. The van der Waals surface area contributed by atoms with E-state index in [1.165, 1.54) is 47.6 Å². The van der Waals surface area contributed by atoms with Gasteiger partial charge in [0.25, 0.3) is 0 Å². The van der Waals surface area contributed by atoms with E-state index in [2.05, 4.69) is 90.1 Å². The van der Waals surface area contributed by atoms with E-state index in [0.717, 1.165) is 59.0 Å². The molecular weight excluding hydrogens is 869 g/mol. The molecule has 6 rings (SSSR count). The number of aromatic nitrogens is 2. The first-order valence-electron chi connectivity index (χ1n) is 19.0. The Labute approximate surface area is 338 Å². The van der Waals surface area contributed by atoms with E-state index in [1.54, 1.807) is 6.33 Å². The maximum absolute atomic E-state index is 12.2. The van der Waals surface area contributed by atoms with Gasteiger partial charge in [-0.15, -0.1) is 51.8 Å². The second-order valence-electron chi connectivity index (χ2n) is 16.4. The molecule has 3 aromatic heterocycles. The summed E-state index contributed by atoms with van der Waals surface area (Å²) >= 11 is 3.72. The number of thiophene rings is 2. The van der Waals surface area contributed by atoms with E-state index in [9.17, 15) is 9.90 Å². The maximum atomic E-state index is 12.2. The third-order valence-corrected chi connectivity index (χ3v) is 13.7. The van der Waals surface area contributed by atoms with Gasteiger partial charge in [-0.1, -0.05) is 105 Å². The summed E-state index contributed by atoms with van der Waals surface area (Å²) in [5.74, 6) is 0.921. The summed E-state index contributed by atoms with van der Waals surface area (Å²) in [5.41, 5.74) is 5.31. The van der Waals surface area contributed by atoms with Crippen molar-refractivity contribution in [2.75, 3.05) is 0 Å². The third kappa shape index (κ3) is 8.64. The van der Waals surface area contributed by atoms with Crippen molar-refractivity contribution in [2.24, 2.45) is 16.7 Å².